The molecule has 2 aromatic heterocycles. The first-order chi connectivity index (χ1) is 13.5. The molecule has 3 heterocycles. The third kappa shape index (κ3) is 3.55. The third-order valence-corrected chi connectivity index (χ3v) is 5.68. The molecule has 2 amide bonds. The fourth-order valence-electron chi connectivity index (χ4n) is 3.84. The number of nitrogens with zero attached hydrogens (tertiary/aromatic N) is 4. The van der Waals surface area contributed by atoms with Crippen molar-refractivity contribution in [1.82, 2.24) is 25.2 Å². The lowest BCUT2D eigenvalue weighted by Crippen LogP contribution is -2.38. The number of hydrogen-bond acceptors (Lipinski definition) is 5. The van der Waals surface area contributed by atoms with Crippen LogP contribution in [0.5, 0.6) is 0 Å². The van der Waals surface area contributed by atoms with Crippen LogP contribution in [-0.4, -0.2) is 44.7 Å². The summed E-state index contributed by atoms with van der Waals surface area (Å²) in [7, 11) is 0. The lowest BCUT2D eigenvalue weighted by molar-refractivity contribution is -0.131. The largest absolute Gasteiger partial charge is 0.361 e. The molecule has 2 aliphatic rings. The van der Waals surface area contributed by atoms with E-state index in [1.807, 2.05) is 30.4 Å². The average Bonchev–Trinajstić information content (AvgIpc) is 3.35. The number of hydrogen-bond donors (Lipinski definition) is 1. The fraction of sp³-hybridized carbons (Fsp3) is 0.600. The van der Waals surface area contributed by atoms with Gasteiger partial charge < -0.3 is 14.7 Å². The Kier molecular flexibility index (Phi) is 4.95. The number of carbonyl (C=O) groups excluding carboxylic acids is 2. The van der Waals surface area contributed by atoms with E-state index in [0.717, 1.165) is 35.5 Å². The fourth-order valence-corrected chi connectivity index (χ4v) is 3.84. The molecule has 1 fully saturated rings. The first-order valence-corrected chi connectivity index (χ1v) is 10.0. The molecule has 8 heteroatoms. The highest BCUT2D eigenvalue weighted by Gasteiger charge is 2.32. The summed E-state index contributed by atoms with van der Waals surface area (Å²) in [4.78, 5) is 27.3. The highest BCUT2D eigenvalue weighted by atomic mass is 16.5. The molecule has 0 spiro atoms. The number of carbonyl (C=O) groups is 2. The van der Waals surface area contributed by atoms with Gasteiger partial charge in [-0.15, -0.1) is 0 Å². The molecule has 150 valence electrons. The standard InChI is InChI=1S/C20H27N5O3/c1-4-21-20(27)19-16-11-24(18(26)9-15-12(2)23-28-13(15)3)8-7-17(16)25(22-19)10-14-5-6-14/h14H,4-11H2,1-3H3,(H,21,27). The van der Waals surface area contributed by atoms with Crippen LogP contribution in [0.15, 0.2) is 4.52 Å². The molecule has 1 saturated carbocycles. The molecule has 1 N–H and O–H groups in total. The van der Waals surface area contributed by atoms with Crippen LogP contribution < -0.4 is 5.32 Å². The van der Waals surface area contributed by atoms with Crippen LogP contribution in [0.3, 0.4) is 0 Å². The molecule has 1 aliphatic carbocycles. The minimum Gasteiger partial charge on any atom is -0.361 e. The van der Waals surface area contributed by atoms with Crippen molar-refractivity contribution in [2.24, 2.45) is 5.92 Å². The van der Waals surface area contributed by atoms with Crippen LogP contribution in [0, 0.1) is 19.8 Å². The maximum absolute atomic E-state index is 12.9. The third-order valence-electron chi connectivity index (χ3n) is 5.68. The van der Waals surface area contributed by atoms with E-state index in [4.69, 9.17) is 4.52 Å². The molecule has 0 atom stereocenters. The first-order valence-electron chi connectivity index (χ1n) is 10.0. The van der Waals surface area contributed by atoms with Crippen molar-refractivity contribution < 1.29 is 14.1 Å². The van der Waals surface area contributed by atoms with E-state index >= 15 is 0 Å². The van der Waals surface area contributed by atoms with Gasteiger partial charge in [-0.3, -0.25) is 14.3 Å². The van der Waals surface area contributed by atoms with Crippen molar-refractivity contribution in [2.75, 3.05) is 13.1 Å². The molecule has 0 bridgehead atoms. The zero-order chi connectivity index (χ0) is 19.8. The Bertz CT molecular complexity index is 890. The van der Waals surface area contributed by atoms with Gasteiger partial charge in [-0.2, -0.15) is 5.10 Å². The quantitative estimate of drug-likeness (QED) is 0.818. The minimum atomic E-state index is -0.159. The van der Waals surface area contributed by atoms with Crippen molar-refractivity contribution in [3.8, 4) is 0 Å². The molecule has 0 saturated heterocycles. The Balaban J connectivity index is 1.56. The van der Waals surface area contributed by atoms with E-state index in [1.54, 1.807) is 0 Å². The second kappa shape index (κ2) is 7.41. The van der Waals surface area contributed by atoms with Crippen molar-refractivity contribution in [3.05, 3.63) is 34.0 Å². The van der Waals surface area contributed by atoms with Gasteiger partial charge in [0.1, 0.15) is 5.76 Å². The van der Waals surface area contributed by atoms with Gasteiger partial charge in [0.2, 0.25) is 5.91 Å². The van der Waals surface area contributed by atoms with Gasteiger partial charge in [0.25, 0.3) is 5.91 Å². The molecule has 8 nitrogen and oxygen atoms in total. The second-order valence-electron chi connectivity index (χ2n) is 7.80. The summed E-state index contributed by atoms with van der Waals surface area (Å²) in [6.07, 6.45) is 3.45. The molecule has 0 radical (unpaired) electrons. The zero-order valence-electron chi connectivity index (χ0n) is 16.7. The number of fused-ring (bicyclic) bond motifs is 1. The summed E-state index contributed by atoms with van der Waals surface area (Å²) in [5, 5.41) is 11.4. The molecular weight excluding hydrogens is 358 g/mol. The molecule has 0 aromatic carbocycles. The van der Waals surface area contributed by atoms with E-state index in [9.17, 15) is 9.59 Å². The van der Waals surface area contributed by atoms with Crippen molar-refractivity contribution in [3.63, 3.8) is 0 Å². The van der Waals surface area contributed by atoms with Gasteiger partial charge >= 0.3 is 0 Å². The summed E-state index contributed by atoms with van der Waals surface area (Å²) in [6, 6.07) is 0. The maximum atomic E-state index is 12.9. The van der Waals surface area contributed by atoms with Crippen LogP contribution in [0.4, 0.5) is 0 Å². The number of amides is 2. The molecule has 4 rings (SSSR count). The van der Waals surface area contributed by atoms with Crippen molar-refractivity contribution in [1.29, 1.82) is 0 Å². The van der Waals surface area contributed by atoms with Gasteiger partial charge in [0.05, 0.1) is 12.1 Å². The number of nitrogens with one attached hydrogen (secondary N) is 1. The molecule has 1 aliphatic heterocycles. The highest BCUT2D eigenvalue weighted by molar-refractivity contribution is 5.94. The topological polar surface area (TPSA) is 93.3 Å². The van der Waals surface area contributed by atoms with Crippen molar-refractivity contribution in [2.45, 2.75) is 59.5 Å². The van der Waals surface area contributed by atoms with E-state index in [0.29, 0.717) is 37.0 Å². The Labute approximate surface area is 164 Å². The predicted octanol–water partition coefficient (Wildman–Crippen LogP) is 1.78. The minimum absolute atomic E-state index is 0.0249. The van der Waals surface area contributed by atoms with Crippen molar-refractivity contribution >= 4 is 11.8 Å². The zero-order valence-corrected chi connectivity index (χ0v) is 16.7. The van der Waals surface area contributed by atoms with Gasteiger partial charge in [0.15, 0.2) is 5.69 Å². The van der Waals surface area contributed by atoms with E-state index in [1.165, 1.54) is 12.8 Å². The summed E-state index contributed by atoms with van der Waals surface area (Å²) < 4.78 is 7.18. The predicted molar refractivity (Wildman–Crippen MR) is 102 cm³/mol. The van der Waals surface area contributed by atoms with E-state index < -0.39 is 0 Å². The Hall–Kier alpha value is -2.64. The second-order valence-corrected chi connectivity index (χ2v) is 7.80. The Morgan fingerprint density at radius 1 is 1.29 bits per heavy atom. The van der Waals surface area contributed by atoms with E-state index in [-0.39, 0.29) is 18.2 Å². The van der Waals surface area contributed by atoms with Crippen LogP contribution in [0.1, 0.15) is 58.5 Å². The summed E-state index contributed by atoms with van der Waals surface area (Å²) in [6.45, 7) is 8.06. The molecule has 2 aromatic rings. The monoisotopic (exact) mass is 385 g/mol. The van der Waals surface area contributed by atoms with Gasteiger partial charge in [-0.05, 0) is 39.5 Å². The molecular formula is C20H27N5O3. The van der Waals surface area contributed by atoms with Crippen LogP contribution in [0.25, 0.3) is 0 Å². The number of aromatic nitrogens is 3. The smallest absolute Gasteiger partial charge is 0.272 e. The number of rotatable bonds is 6. The average molecular weight is 385 g/mol. The Morgan fingerprint density at radius 3 is 2.71 bits per heavy atom. The Morgan fingerprint density at radius 2 is 2.07 bits per heavy atom. The normalized spacial score (nSPS) is 16.2. The van der Waals surface area contributed by atoms with Crippen LogP contribution >= 0.6 is 0 Å². The van der Waals surface area contributed by atoms with Crippen LogP contribution in [0.2, 0.25) is 0 Å². The molecule has 28 heavy (non-hydrogen) atoms. The van der Waals surface area contributed by atoms with Gasteiger partial charge in [-0.25, -0.2) is 0 Å². The first kappa shape index (κ1) is 18.7. The highest BCUT2D eigenvalue weighted by Crippen LogP contribution is 2.32. The van der Waals surface area contributed by atoms with E-state index in [2.05, 4.69) is 15.6 Å². The lowest BCUT2D eigenvalue weighted by atomic mass is 10.0. The summed E-state index contributed by atoms with van der Waals surface area (Å²) in [5.74, 6) is 1.22. The van der Waals surface area contributed by atoms with Gasteiger partial charge in [-0.1, -0.05) is 5.16 Å². The SMILES string of the molecule is CCNC(=O)c1nn(CC2CC2)c2c1CN(C(=O)Cc1c(C)noc1C)CC2. The van der Waals surface area contributed by atoms with Crippen LogP contribution in [-0.2, 0) is 30.7 Å². The molecule has 0 unspecified atom stereocenters. The lowest BCUT2D eigenvalue weighted by Gasteiger charge is -2.28. The van der Waals surface area contributed by atoms with Gasteiger partial charge in [0, 0.05) is 49.4 Å². The summed E-state index contributed by atoms with van der Waals surface area (Å²) >= 11 is 0. The number of aryl methyl sites for hydroxylation is 2. The summed E-state index contributed by atoms with van der Waals surface area (Å²) in [5.41, 5.74) is 4.07. The maximum Gasteiger partial charge on any atom is 0.272 e.